The van der Waals surface area contributed by atoms with E-state index in [1.807, 2.05) is 36.4 Å². The minimum Gasteiger partial charge on any atom is -0.394 e. The van der Waals surface area contributed by atoms with E-state index in [1.165, 1.54) is 11.5 Å². The minimum atomic E-state index is 0.0282. The van der Waals surface area contributed by atoms with E-state index in [0.29, 0.717) is 12.5 Å². The van der Waals surface area contributed by atoms with Gasteiger partial charge in [0.25, 0.3) is 0 Å². The molecule has 0 amide bonds. The molecule has 1 saturated heterocycles. The maximum atomic E-state index is 9.59. The number of rotatable bonds is 8. The molecule has 1 unspecified atom stereocenters. The number of anilines is 2. The first-order valence-electron chi connectivity index (χ1n) is 9.68. The summed E-state index contributed by atoms with van der Waals surface area (Å²) in [4.78, 5) is 8.96. The molecule has 3 N–H and O–H groups in total. The van der Waals surface area contributed by atoms with Crippen molar-refractivity contribution in [2.45, 2.75) is 41.8 Å². The molecule has 0 radical (unpaired) electrons. The van der Waals surface area contributed by atoms with Gasteiger partial charge in [-0.2, -0.15) is 9.36 Å². The second-order valence-electron chi connectivity index (χ2n) is 6.90. The fraction of sp³-hybridized carbons (Fsp3) is 0.333. The largest absolute Gasteiger partial charge is 0.394 e. The number of aliphatic hydroxyl groups excluding tert-OH is 2. The van der Waals surface area contributed by atoms with Gasteiger partial charge < -0.3 is 20.4 Å². The van der Waals surface area contributed by atoms with Crippen LogP contribution in [0.15, 0.2) is 58.3 Å². The first-order valence-corrected chi connectivity index (χ1v) is 11.3. The summed E-state index contributed by atoms with van der Waals surface area (Å²) in [6.45, 7) is 1.72. The molecular weight excluding hydrogens is 404 g/mol. The van der Waals surface area contributed by atoms with Crippen molar-refractivity contribution in [3.63, 3.8) is 0 Å². The lowest BCUT2D eigenvalue weighted by molar-refractivity contribution is 0.266. The zero-order chi connectivity index (χ0) is 20.1. The minimum absolute atomic E-state index is 0.0282. The zero-order valence-corrected chi connectivity index (χ0v) is 17.6. The van der Waals surface area contributed by atoms with Crippen LogP contribution in [-0.2, 0) is 13.2 Å². The van der Waals surface area contributed by atoms with Crippen molar-refractivity contribution in [3.05, 3.63) is 59.7 Å². The third-order valence-electron chi connectivity index (χ3n) is 5.02. The van der Waals surface area contributed by atoms with Crippen LogP contribution in [0.1, 0.15) is 24.0 Å². The van der Waals surface area contributed by atoms with Crippen LogP contribution >= 0.6 is 23.3 Å². The van der Waals surface area contributed by atoms with Crippen LogP contribution < -0.4 is 10.2 Å². The molecule has 1 fully saturated rings. The van der Waals surface area contributed by atoms with E-state index in [-0.39, 0.29) is 19.3 Å². The first kappa shape index (κ1) is 20.2. The first-order chi connectivity index (χ1) is 14.3. The quantitative estimate of drug-likeness (QED) is 0.504. The van der Waals surface area contributed by atoms with Gasteiger partial charge in [-0.3, -0.25) is 0 Å². The van der Waals surface area contributed by atoms with Crippen molar-refractivity contribution in [2.75, 3.05) is 23.4 Å². The smallest absolute Gasteiger partial charge is 0.236 e. The van der Waals surface area contributed by atoms with Crippen LogP contribution in [0, 0.1) is 0 Å². The number of hydrogen-bond donors (Lipinski definition) is 3. The molecule has 1 aromatic heterocycles. The van der Waals surface area contributed by atoms with Crippen molar-refractivity contribution in [2.24, 2.45) is 0 Å². The summed E-state index contributed by atoms with van der Waals surface area (Å²) in [5.41, 5.74) is 2.08. The van der Waals surface area contributed by atoms with E-state index in [0.717, 1.165) is 45.4 Å². The molecule has 6 nitrogen and oxygen atoms in total. The van der Waals surface area contributed by atoms with Gasteiger partial charge in [0.05, 0.1) is 19.3 Å². The number of benzene rings is 2. The molecule has 4 rings (SSSR count). The van der Waals surface area contributed by atoms with Crippen molar-refractivity contribution in [3.8, 4) is 0 Å². The fourth-order valence-corrected chi connectivity index (χ4v) is 5.27. The molecule has 0 aliphatic carbocycles. The molecule has 2 aromatic carbocycles. The average molecular weight is 429 g/mol. The predicted octanol–water partition coefficient (Wildman–Crippen LogP) is 3.75. The predicted molar refractivity (Wildman–Crippen MR) is 118 cm³/mol. The standard InChI is InChI=1S/C21H24N4O2S2/c26-13-16-7-2-4-10-19(16)28-18-9-3-1-6-15(18)12-22-20-23-21(29-24-20)25-11-5-8-17(25)14-27/h1-4,6-7,9-10,17,26-27H,5,8,11-14H2,(H,22,24). The third-order valence-corrected chi connectivity index (χ3v) is 7.01. The van der Waals surface area contributed by atoms with Crippen molar-refractivity contribution >= 4 is 34.4 Å². The van der Waals surface area contributed by atoms with Crippen LogP contribution in [0.4, 0.5) is 11.1 Å². The highest BCUT2D eigenvalue weighted by atomic mass is 32.2. The van der Waals surface area contributed by atoms with E-state index in [1.54, 1.807) is 11.8 Å². The Morgan fingerprint density at radius 2 is 1.79 bits per heavy atom. The monoisotopic (exact) mass is 428 g/mol. The van der Waals surface area contributed by atoms with Crippen LogP contribution in [0.2, 0.25) is 0 Å². The normalized spacial score (nSPS) is 16.3. The summed E-state index contributed by atoms with van der Waals surface area (Å²) >= 11 is 3.03. The highest BCUT2D eigenvalue weighted by Gasteiger charge is 2.26. The van der Waals surface area contributed by atoms with Gasteiger partial charge in [-0.25, -0.2) is 0 Å². The Morgan fingerprint density at radius 3 is 2.55 bits per heavy atom. The topological polar surface area (TPSA) is 81.5 Å². The lowest BCUT2D eigenvalue weighted by Gasteiger charge is -2.21. The molecule has 0 saturated carbocycles. The Balaban J connectivity index is 1.44. The highest BCUT2D eigenvalue weighted by molar-refractivity contribution is 7.99. The molecule has 3 aromatic rings. The van der Waals surface area contributed by atoms with Crippen LogP contribution in [0.3, 0.4) is 0 Å². The Labute approximate surface area is 178 Å². The molecule has 29 heavy (non-hydrogen) atoms. The molecule has 152 valence electrons. The van der Waals surface area contributed by atoms with Crippen LogP contribution in [0.5, 0.6) is 0 Å². The Hall–Kier alpha value is -2.13. The zero-order valence-electron chi connectivity index (χ0n) is 16.0. The Kier molecular flexibility index (Phi) is 6.66. The molecule has 0 bridgehead atoms. The average Bonchev–Trinajstić information content (AvgIpc) is 3.42. The van der Waals surface area contributed by atoms with E-state index in [4.69, 9.17) is 0 Å². The number of aliphatic hydroxyl groups is 2. The van der Waals surface area contributed by atoms with Gasteiger partial charge in [-0.05, 0) is 36.1 Å². The maximum Gasteiger partial charge on any atom is 0.236 e. The van der Waals surface area contributed by atoms with E-state index < -0.39 is 0 Å². The van der Waals surface area contributed by atoms with Crippen molar-refractivity contribution in [1.29, 1.82) is 0 Å². The Bertz CT molecular complexity index is 950. The maximum absolute atomic E-state index is 9.59. The second kappa shape index (κ2) is 9.58. The fourth-order valence-electron chi connectivity index (χ4n) is 3.46. The summed E-state index contributed by atoms with van der Waals surface area (Å²) in [6, 6.07) is 16.3. The summed E-state index contributed by atoms with van der Waals surface area (Å²) in [5, 5.41) is 23.3. The molecule has 1 atom stereocenters. The van der Waals surface area contributed by atoms with Gasteiger partial charge in [0.1, 0.15) is 0 Å². The second-order valence-corrected chi connectivity index (χ2v) is 8.72. The van der Waals surface area contributed by atoms with Gasteiger partial charge in [0.15, 0.2) is 0 Å². The Morgan fingerprint density at radius 1 is 1.07 bits per heavy atom. The SMILES string of the molecule is OCc1ccccc1Sc1ccccc1CNc1nsc(N2CCCC2CO)n1. The molecule has 0 spiro atoms. The van der Waals surface area contributed by atoms with Gasteiger partial charge in [0.2, 0.25) is 11.1 Å². The number of nitrogens with one attached hydrogen (secondary N) is 1. The van der Waals surface area contributed by atoms with Crippen LogP contribution in [0.25, 0.3) is 0 Å². The van der Waals surface area contributed by atoms with Gasteiger partial charge in [0, 0.05) is 34.4 Å². The molecule has 1 aliphatic heterocycles. The molecule has 8 heteroatoms. The van der Waals surface area contributed by atoms with Gasteiger partial charge >= 0.3 is 0 Å². The van der Waals surface area contributed by atoms with Crippen LogP contribution in [-0.4, -0.2) is 38.8 Å². The summed E-state index contributed by atoms with van der Waals surface area (Å²) in [6.07, 6.45) is 2.08. The summed E-state index contributed by atoms with van der Waals surface area (Å²) < 4.78 is 4.44. The highest BCUT2D eigenvalue weighted by Crippen LogP contribution is 2.33. The van der Waals surface area contributed by atoms with E-state index >= 15 is 0 Å². The lowest BCUT2D eigenvalue weighted by Crippen LogP contribution is -2.31. The summed E-state index contributed by atoms with van der Waals surface area (Å²) in [7, 11) is 0. The van der Waals surface area contributed by atoms with Crippen molar-refractivity contribution < 1.29 is 10.2 Å². The number of hydrogen-bond acceptors (Lipinski definition) is 8. The van der Waals surface area contributed by atoms with Gasteiger partial charge in [-0.1, -0.05) is 48.2 Å². The van der Waals surface area contributed by atoms with Gasteiger partial charge in [-0.15, -0.1) is 0 Å². The molecular formula is C21H24N4O2S2. The van der Waals surface area contributed by atoms with E-state index in [2.05, 4.69) is 31.7 Å². The summed E-state index contributed by atoms with van der Waals surface area (Å²) in [5.74, 6) is 0.615. The molecule has 2 heterocycles. The number of nitrogens with zero attached hydrogens (tertiary/aromatic N) is 3. The third kappa shape index (κ3) is 4.72. The molecule has 1 aliphatic rings. The number of aromatic nitrogens is 2. The van der Waals surface area contributed by atoms with Crippen molar-refractivity contribution in [1.82, 2.24) is 9.36 Å². The lowest BCUT2D eigenvalue weighted by atomic mass is 10.2. The van der Waals surface area contributed by atoms with E-state index in [9.17, 15) is 10.2 Å².